The lowest BCUT2D eigenvalue weighted by Gasteiger charge is -2.28. The van der Waals surface area contributed by atoms with Gasteiger partial charge in [0.1, 0.15) is 0 Å². The summed E-state index contributed by atoms with van der Waals surface area (Å²) in [6.07, 6.45) is -4.00. The summed E-state index contributed by atoms with van der Waals surface area (Å²) in [7, 11) is 0. The molecule has 22 heavy (non-hydrogen) atoms. The van der Waals surface area contributed by atoms with Gasteiger partial charge in [0.25, 0.3) is 0 Å². The van der Waals surface area contributed by atoms with Gasteiger partial charge in [0.05, 0.1) is 5.56 Å². The third kappa shape index (κ3) is 4.88. The minimum absolute atomic E-state index is 0. The number of benzene rings is 1. The molecule has 1 atom stereocenters. The Morgan fingerprint density at radius 2 is 1.77 bits per heavy atom. The number of hydrogen-bond donors (Lipinski definition) is 1. The van der Waals surface area contributed by atoms with Crippen molar-refractivity contribution in [1.82, 2.24) is 10.2 Å². The second-order valence-electron chi connectivity index (χ2n) is 5.36. The number of carbonyl (C=O) groups is 1. The van der Waals surface area contributed by atoms with Gasteiger partial charge in [-0.2, -0.15) is 13.2 Å². The number of nitrogens with zero attached hydrogens (tertiary/aromatic N) is 1. The lowest BCUT2D eigenvalue weighted by atomic mass is 9.96. The monoisotopic (exact) mass is 336 g/mol. The molecule has 0 aromatic heterocycles. The molecule has 1 unspecified atom stereocenters. The van der Waals surface area contributed by atoms with Crippen LogP contribution in [0.3, 0.4) is 0 Å². The quantitative estimate of drug-likeness (QED) is 0.920. The van der Waals surface area contributed by atoms with Gasteiger partial charge >= 0.3 is 6.18 Å². The van der Waals surface area contributed by atoms with Crippen LogP contribution in [0.5, 0.6) is 0 Å². The summed E-state index contributed by atoms with van der Waals surface area (Å²) in [4.78, 5) is 13.9. The van der Waals surface area contributed by atoms with Crippen LogP contribution in [0, 0.1) is 0 Å². The number of halogens is 4. The molecule has 1 aromatic rings. The van der Waals surface area contributed by atoms with Gasteiger partial charge in [-0.1, -0.05) is 19.1 Å². The van der Waals surface area contributed by atoms with Crippen LogP contribution >= 0.6 is 12.4 Å². The molecular weight excluding hydrogens is 317 g/mol. The Bertz CT molecular complexity index is 485. The Morgan fingerprint density at radius 1 is 1.23 bits per heavy atom. The second-order valence-corrected chi connectivity index (χ2v) is 5.36. The van der Waals surface area contributed by atoms with Crippen molar-refractivity contribution in [2.45, 2.75) is 25.4 Å². The molecule has 1 heterocycles. The Kier molecular flexibility index (Phi) is 6.68. The summed E-state index contributed by atoms with van der Waals surface area (Å²) in [5, 5.41) is 3.17. The number of carbonyl (C=O) groups excluding carboxylic acids is 1. The van der Waals surface area contributed by atoms with E-state index in [2.05, 4.69) is 5.32 Å². The summed E-state index contributed by atoms with van der Waals surface area (Å²) in [5.74, 6) is -0.0291. The molecule has 7 heteroatoms. The first-order valence-corrected chi connectivity index (χ1v) is 7.03. The number of hydrogen-bond acceptors (Lipinski definition) is 2. The van der Waals surface area contributed by atoms with Crippen LogP contribution in [0.15, 0.2) is 24.3 Å². The predicted octanol–water partition coefficient (Wildman–Crippen LogP) is 3.05. The van der Waals surface area contributed by atoms with Gasteiger partial charge in [0.15, 0.2) is 0 Å². The zero-order valence-corrected chi connectivity index (χ0v) is 13.1. The van der Waals surface area contributed by atoms with Crippen molar-refractivity contribution in [3.63, 3.8) is 0 Å². The number of piperazine rings is 1. The summed E-state index contributed by atoms with van der Waals surface area (Å²) in [5.41, 5.74) is 0.0957. The average Bonchev–Trinajstić information content (AvgIpc) is 2.47. The maximum Gasteiger partial charge on any atom is 0.416 e. The fourth-order valence-electron chi connectivity index (χ4n) is 2.42. The van der Waals surface area contributed by atoms with Crippen LogP contribution in [0.1, 0.15) is 30.4 Å². The Hall–Kier alpha value is -1.27. The first-order valence-electron chi connectivity index (χ1n) is 7.03. The molecule has 1 fully saturated rings. The molecule has 0 saturated carbocycles. The molecule has 1 N–H and O–H groups in total. The largest absolute Gasteiger partial charge is 0.416 e. The molecule has 0 bridgehead atoms. The van der Waals surface area contributed by atoms with Gasteiger partial charge < -0.3 is 10.2 Å². The fraction of sp³-hybridized carbons (Fsp3) is 0.533. The standard InChI is InChI=1S/C15H19F3N2O.ClH/c1-11(10-14(21)20-8-6-19-7-9-20)12-2-4-13(5-3-12)15(16,17)18;/h2-5,11,19H,6-10H2,1H3;1H. The normalized spacial score (nSPS) is 16.8. The summed E-state index contributed by atoms with van der Waals surface area (Å²) < 4.78 is 37.5. The van der Waals surface area contributed by atoms with Crippen LogP contribution in [0.2, 0.25) is 0 Å². The van der Waals surface area contributed by atoms with E-state index in [0.29, 0.717) is 19.5 Å². The van der Waals surface area contributed by atoms with E-state index in [1.54, 1.807) is 4.90 Å². The van der Waals surface area contributed by atoms with Crippen LogP contribution < -0.4 is 5.32 Å². The van der Waals surface area contributed by atoms with E-state index in [1.807, 2.05) is 6.92 Å². The predicted molar refractivity (Wildman–Crippen MR) is 81.2 cm³/mol. The summed E-state index contributed by atoms with van der Waals surface area (Å²) >= 11 is 0. The second kappa shape index (κ2) is 7.83. The molecule has 0 radical (unpaired) electrons. The zero-order chi connectivity index (χ0) is 15.5. The van der Waals surface area contributed by atoms with Gasteiger partial charge in [0.2, 0.25) is 5.91 Å². The van der Waals surface area contributed by atoms with Crippen LogP contribution in [-0.4, -0.2) is 37.0 Å². The van der Waals surface area contributed by atoms with Crippen LogP contribution in [-0.2, 0) is 11.0 Å². The van der Waals surface area contributed by atoms with Gasteiger partial charge in [-0.05, 0) is 23.6 Å². The van der Waals surface area contributed by atoms with E-state index in [1.165, 1.54) is 12.1 Å². The number of rotatable bonds is 3. The van der Waals surface area contributed by atoms with E-state index >= 15 is 0 Å². The lowest BCUT2D eigenvalue weighted by Crippen LogP contribution is -2.46. The van der Waals surface area contributed by atoms with Gasteiger partial charge in [-0.15, -0.1) is 12.4 Å². The van der Waals surface area contributed by atoms with E-state index in [4.69, 9.17) is 0 Å². The maximum atomic E-state index is 12.5. The molecule has 0 aliphatic carbocycles. The smallest absolute Gasteiger partial charge is 0.340 e. The topological polar surface area (TPSA) is 32.3 Å². The number of alkyl halides is 3. The minimum atomic E-state index is -4.32. The molecule has 1 aromatic carbocycles. The Morgan fingerprint density at radius 3 is 2.27 bits per heavy atom. The fourth-order valence-corrected chi connectivity index (χ4v) is 2.42. The van der Waals surface area contributed by atoms with Crippen molar-refractivity contribution in [3.05, 3.63) is 35.4 Å². The lowest BCUT2D eigenvalue weighted by molar-refractivity contribution is -0.137. The van der Waals surface area contributed by atoms with Crippen molar-refractivity contribution in [2.24, 2.45) is 0 Å². The minimum Gasteiger partial charge on any atom is -0.340 e. The van der Waals surface area contributed by atoms with E-state index in [0.717, 1.165) is 30.8 Å². The highest BCUT2D eigenvalue weighted by Gasteiger charge is 2.30. The van der Waals surface area contributed by atoms with E-state index in [-0.39, 0.29) is 24.2 Å². The maximum absolute atomic E-state index is 12.5. The SMILES string of the molecule is CC(CC(=O)N1CCNCC1)c1ccc(C(F)(F)F)cc1.Cl. The van der Waals surface area contributed by atoms with Crippen molar-refractivity contribution in [2.75, 3.05) is 26.2 Å². The number of nitrogens with one attached hydrogen (secondary N) is 1. The van der Waals surface area contributed by atoms with Gasteiger partial charge in [-0.25, -0.2) is 0 Å². The van der Waals surface area contributed by atoms with Crippen LogP contribution in [0.25, 0.3) is 0 Å². The summed E-state index contributed by atoms with van der Waals surface area (Å²) in [6.45, 7) is 4.83. The molecule has 2 rings (SSSR count). The number of amides is 1. The van der Waals surface area contributed by atoms with Gasteiger partial charge in [-0.3, -0.25) is 4.79 Å². The van der Waals surface area contributed by atoms with Crippen molar-refractivity contribution in [1.29, 1.82) is 0 Å². The van der Waals surface area contributed by atoms with Gasteiger partial charge in [0, 0.05) is 32.6 Å². The Balaban J connectivity index is 0.00000242. The third-order valence-electron chi connectivity index (χ3n) is 3.76. The highest BCUT2D eigenvalue weighted by molar-refractivity contribution is 5.85. The highest BCUT2D eigenvalue weighted by atomic mass is 35.5. The van der Waals surface area contributed by atoms with Crippen molar-refractivity contribution < 1.29 is 18.0 Å². The molecule has 0 spiro atoms. The highest BCUT2D eigenvalue weighted by Crippen LogP contribution is 2.30. The molecule has 1 aliphatic heterocycles. The summed E-state index contributed by atoms with van der Waals surface area (Å²) in [6, 6.07) is 5.05. The molecular formula is C15H20ClF3N2O. The van der Waals surface area contributed by atoms with Crippen molar-refractivity contribution in [3.8, 4) is 0 Å². The van der Waals surface area contributed by atoms with Crippen molar-refractivity contribution >= 4 is 18.3 Å². The van der Waals surface area contributed by atoms with E-state index < -0.39 is 11.7 Å². The third-order valence-corrected chi connectivity index (χ3v) is 3.76. The zero-order valence-electron chi connectivity index (χ0n) is 12.3. The molecule has 3 nitrogen and oxygen atoms in total. The average molecular weight is 337 g/mol. The molecule has 1 saturated heterocycles. The molecule has 1 amide bonds. The van der Waals surface area contributed by atoms with Crippen LogP contribution in [0.4, 0.5) is 13.2 Å². The van der Waals surface area contributed by atoms with E-state index in [9.17, 15) is 18.0 Å². The first kappa shape index (κ1) is 18.8. The molecule has 124 valence electrons. The Labute approximate surface area is 134 Å². The molecule has 1 aliphatic rings. The first-order chi connectivity index (χ1) is 9.88.